The van der Waals surface area contributed by atoms with Gasteiger partial charge in [0.25, 0.3) is 0 Å². The summed E-state index contributed by atoms with van der Waals surface area (Å²) in [7, 11) is 0. The lowest BCUT2D eigenvalue weighted by atomic mass is 10.0. The number of benzene rings is 2. The van der Waals surface area contributed by atoms with E-state index in [-0.39, 0.29) is 22.5 Å². The summed E-state index contributed by atoms with van der Waals surface area (Å²) in [5.74, 6) is -2.65. The second-order valence-corrected chi connectivity index (χ2v) is 4.48. The average Bonchev–Trinajstić information content (AvgIpc) is 2.52. The third kappa shape index (κ3) is 3.46. The van der Waals surface area contributed by atoms with Gasteiger partial charge >= 0.3 is 11.9 Å². The third-order valence-electron chi connectivity index (χ3n) is 3.00. The van der Waals surface area contributed by atoms with E-state index in [1.165, 1.54) is 30.4 Å². The number of allylic oxidation sites excluding steroid dienone is 1. The fourth-order valence-electron chi connectivity index (χ4n) is 1.89. The molecular formula is C17H12O5. The molecule has 0 heterocycles. The summed E-state index contributed by atoms with van der Waals surface area (Å²) in [4.78, 5) is 34.1. The van der Waals surface area contributed by atoms with Crippen LogP contribution in [0.15, 0.2) is 54.6 Å². The summed E-state index contributed by atoms with van der Waals surface area (Å²) < 4.78 is 0. The Labute approximate surface area is 126 Å². The molecule has 0 fully saturated rings. The highest BCUT2D eigenvalue weighted by Gasteiger charge is 2.12. The van der Waals surface area contributed by atoms with Crippen molar-refractivity contribution in [3.63, 3.8) is 0 Å². The molecule has 0 radical (unpaired) electrons. The Balaban J connectivity index is 2.36. The van der Waals surface area contributed by atoms with Crippen LogP contribution in [-0.2, 0) is 0 Å². The Morgan fingerprint density at radius 3 is 2.09 bits per heavy atom. The van der Waals surface area contributed by atoms with E-state index in [9.17, 15) is 14.4 Å². The summed E-state index contributed by atoms with van der Waals surface area (Å²) in [6.07, 6.45) is 2.54. The monoisotopic (exact) mass is 296 g/mol. The van der Waals surface area contributed by atoms with Gasteiger partial charge in [0.1, 0.15) is 0 Å². The van der Waals surface area contributed by atoms with Gasteiger partial charge in [-0.1, -0.05) is 36.4 Å². The summed E-state index contributed by atoms with van der Waals surface area (Å²) in [6.45, 7) is 0. The summed E-state index contributed by atoms with van der Waals surface area (Å²) in [6, 6.07) is 12.1. The van der Waals surface area contributed by atoms with Crippen LogP contribution in [-0.4, -0.2) is 27.9 Å². The lowest BCUT2D eigenvalue weighted by Gasteiger charge is -2.03. The number of carbonyl (C=O) groups is 3. The van der Waals surface area contributed by atoms with E-state index >= 15 is 0 Å². The molecule has 110 valence electrons. The molecule has 5 heteroatoms. The Morgan fingerprint density at radius 1 is 0.818 bits per heavy atom. The minimum Gasteiger partial charge on any atom is -0.478 e. The van der Waals surface area contributed by atoms with Crippen LogP contribution in [0.3, 0.4) is 0 Å². The number of carboxylic acids is 2. The van der Waals surface area contributed by atoms with Crippen LogP contribution >= 0.6 is 0 Å². The van der Waals surface area contributed by atoms with Gasteiger partial charge in [-0.3, -0.25) is 4.79 Å². The number of aromatic carboxylic acids is 2. The molecule has 2 N–H and O–H groups in total. The maximum Gasteiger partial charge on any atom is 0.336 e. The Bertz CT molecular complexity index is 760. The molecule has 0 aliphatic carbocycles. The van der Waals surface area contributed by atoms with Gasteiger partial charge in [-0.25, -0.2) is 9.59 Å². The van der Waals surface area contributed by atoms with Crippen molar-refractivity contribution in [3.05, 3.63) is 76.9 Å². The van der Waals surface area contributed by atoms with Crippen LogP contribution < -0.4 is 0 Å². The topological polar surface area (TPSA) is 91.7 Å². The molecule has 0 atom stereocenters. The quantitative estimate of drug-likeness (QED) is 0.653. The van der Waals surface area contributed by atoms with E-state index in [1.54, 1.807) is 30.3 Å². The van der Waals surface area contributed by atoms with Gasteiger partial charge in [0.2, 0.25) is 0 Å². The van der Waals surface area contributed by atoms with Crippen molar-refractivity contribution in [3.8, 4) is 0 Å². The van der Waals surface area contributed by atoms with Gasteiger partial charge in [0.05, 0.1) is 11.1 Å². The fourth-order valence-corrected chi connectivity index (χ4v) is 1.89. The molecule has 0 amide bonds. The molecule has 2 aromatic rings. The van der Waals surface area contributed by atoms with E-state index in [0.29, 0.717) is 5.56 Å². The maximum atomic E-state index is 12.0. The molecule has 2 rings (SSSR count). The zero-order valence-corrected chi connectivity index (χ0v) is 11.4. The first-order valence-corrected chi connectivity index (χ1v) is 6.37. The maximum absolute atomic E-state index is 12.0. The number of hydrogen-bond acceptors (Lipinski definition) is 3. The normalized spacial score (nSPS) is 10.5. The zero-order valence-electron chi connectivity index (χ0n) is 11.4. The number of carboxylic acid groups (broad SMARTS) is 2. The molecule has 0 spiro atoms. The first kappa shape index (κ1) is 15.2. The second-order valence-electron chi connectivity index (χ2n) is 4.48. The second kappa shape index (κ2) is 6.49. The van der Waals surface area contributed by atoms with E-state index in [2.05, 4.69) is 0 Å². The van der Waals surface area contributed by atoms with E-state index < -0.39 is 11.9 Å². The fraction of sp³-hybridized carbons (Fsp3) is 0. The van der Waals surface area contributed by atoms with Crippen molar-refractivity contribution >= 4 is 23.8 Å². The molecule has 0 aliphatic heterocycles. The molecular weight excluding hydrogens is 284 g/mol. The van der Waals surface area contributed by atoms with Gasteiger partial charge in [0, 0.05) is 5.56 Å². The van der Waals surface area contributed by atoms with Gasteiger partial charge in [-0.05, 0) is 29.8 Å². The molecule has 22 heavy (non-hydrogen) atoms. The summed E-state index contributed by atoms with van der Waals surface area (Å²) in [5.41, 5.74) is 0.514. The third-order valence-corrected chi connectivity index (χ3v) is 3.00. The van der Waals surface area contributed by atoms with Crippen LogP contribution in [0.1, 0.15) is 36.6 Å². The molecule has 0 saturated carbocycles. The number of carbonyl (C=O) groups excluding carboxylic acids is 1. The first-order valence-electron chi connectivity index (χ1n) is 6.37. The highest BCUT2D eigenvalue weighted by molar-refractivity contribution is 6.07. The van der Waals surface area contributed by atoms with Crippen LogP contribution in [0.5, 0.6) is 0 Å². The number of rotatable bonds is 5. The Kier molecular flexibility index (Phi) is 4.48. The van der Waals surface area contributed by atoms with Crippen LogP contribution in [0, 0.1) is 0 Å². The smallest absolute Gasteiger partial charge is 0.336 e. The van der Waals surface area contributed by atoms with E-state index in [1.807, 2.05) is 0 Å². The van der Waals surface area contributed by atoms with Gasteiger partial charge in [-0.2, -0.15) is 0 Å². The van der Waals surface area contributed by atoms with Crippen LogP contribution in [0.25, 0.3) is 6.08 Å². The van der Waals surface area contributed by atoms with Gasteiger partial charge in [0.15, 0.2) is 5.78 Å². The van der Waals surface area contributed by atoms with Crippen molar-refractivity contribution in [2.45, 2.75) is 0 Å². The molecule has 5 nitrogen and oxygen atoms in total. The van der Waals surface area contributed by atoms with Gasteiger partial charge < -0.3 is 10.2 Å². The largest absolute Gasteiger partial charge is 0.478 e. The molecule has 2 aromatic carbocycles. The van der Waals surface area contributed by atoms with Crippen LogP contribution in [0.2, 0.25) is 0 Å². The van der Waals surface area contributed by atoms with Crippen molar-refractivity contribution in [1.82, 2.24) is 0 Å². The lowest BCUT2D eigenvalue weighted by Crippen LogP contribution is -2.03. The highest BCUT2D eigenvalue weighted by atomic mass is 16.4. The molecule has 0 aliphatic rings. The zero-order chi connectivity index (χ0) is 16.1. The van der Waals surface area contributed by atoms with Crippen molar-refractivity contribution in [1.29, 1.82) is 0 Å². The Morgan fingerprint density at radius 2 is 1.50 bits per heavy atom. The highest BCUT2D eigenvalue weighted by Crippen LogP contribution is 2.15. The predicted octanol–water partition coefficient (Wildman–Crippen LogP) is 2.98. The minimum atomic E-state index is -1.19. The van der Waals surface area contributed by atoms with Crippen molar-refractivity contribution < 1.29 is 24.6 Å². The van der Waals surface area contributed by atoms with Crippen molar-refractivity contribution in [2.24, 2.45) is 0 Å². The minimum absolute atomic E-state index is 0.0446. The number of ketones is 1. The van der Waals surface area contributed by atoms with E-state index in [0.717, 1.165) is 0 Å². The van der Waals surface area contributed by atoms with E-state index in [4.69, 9.17) is 10.2 Å². The van der Waals surface area contributed by atoms with Crippen molar-refractivity contribution in [2.75, 3.05) is 0 Å². The standard InChI is InChI=1S/C17H12O5/c18-15(11-4-2-1-3-5-11)9-7-12-10-13(16(19)20)6-8-14(12)17(21)22/h1-10H,(H,19,20)(H,21,22). The molecule has 0 unspecified atom stereocenters. The molecule has 0 bridgehead atoms. The Hall–Kier alpha value is -3.21. The first-order chi connectivity index (χ1) is 10.5. The number of hydrogen-bond donors (Lipinski definition) is 2. The summed E-state index contributed by atoms with van der Waals surface area (Å²) in [5, 5.41) is 18.1. The lowest BCUT2D eigenvalue weighted by molar-refractivity contribution is 0.0681. The molecule has 0 saturated heterocycles. The predicted molar refractivity (Wildman–Crippen MR) is 80.2 cm³/mol. The van der Waals surface area contributed by atoms with Gasteiger partial charge in [-0.15, -0.1) is 0 Å². The summed E-state index contributed by atoms with van der Waals surface area (Å²) >= 11 is 0. The average molecular weight is 296 g/mol. The SMILES string of the molecule is O=C(O)c1ccc(C(=O)O)c(C=CC(=O)c2ccccc2)c1. The molecule has 0 aromatic heterocycles. The van der Waals surface area contributed by atoms with Crippen LogP contribution in [0.4, 0.5) is 0 Å².